The molecule has 0 aromatic heterocycles. The summed E-state index contributed by atoms with van der Waals surface area (Å²) in [5.74, 6) is 6.79. The molecule has 0 spiro atoms. The van der Waals surface area contributed by atoms with Crippen molar-refractivity contribution in [2.45, 2.75) is 112 Å². The van der Waals surface area contributed by atoms with E-state index in [4.69, 9.17) is 0 Å². The third kappa shape index (κ3) is 3.41. The van der Waals surface area contributed by atoms with Gasteiger partial charge in [0.25, 0.3) is 0 Å². The molecular formula is C27H46O. The summed E-state index contributed by atoms with van der Waals surface area (Å²) in [4.78, 5) is 12.4. The number of carbonyl (C=O) groups is 1. The predicted molar refractivity (Wildman–Crippen MR) is 118 cm³/mol. The van der Waals surface area contributed by atoms with Crippen LogP contribution in [-0.2, 0) is 4.79 Å². The average molecular weight is 387 g/mol. The molecule has 8 atom stereocenters. The zero-order valence-corrected chi connectivity index (χ0v) is 19.4. The van der Waals surface area contributed by atoms with Crippen molar-refractivity contribution in [3.05, 3.63) is 0 Å². The highest BCUT2D eigenvalue weighted by atomic mass is 16.1. The summed E-state index contributed by atoms with van der Waals surface area (Å²) >= 11 is 0. The predicted octanol–water partition coefficient (Wildman–Crippen LogP) is 7.68. The highest BCUT2D eigenvalue weighted by Gasteiger charge is 2.60. The van der Waals surface area contributed by atoms with Crippen LogP contribution in [0.3, 0.4) is 0 Å². The fourth-order valence-corrected chi connectivity index (χ4v) is 9.16. The topological polar surface area (TPSA) is 17.1 Å². The van der Waals surface area contributed by atoms with Crippen molar-refractivity contribution in [2.75, 3.05) is 0 Å². The van der Waals surface area contributed by atoms with E-state index in [0.717, 1.165) is 54.3 Å². The second-order valence-corrected chi connectivity index (χ2v) is 12.4. The lowest BCUT2D eigenvalue weighted by molar-refractivity contribution is -0.142. The van der Waals surface area contributed by atoms with Crippen molar-refractivity contribution in [2.24, 2.45) is 52.3 Å². The maximum Gasteiger partial charge on any atom is 0.133 e. The van der Waals surface area contributed by atoms with E-state index in [1.54, 1.807) is 0 Å². The van der Waals surface area contributed by atoms with E-state index in [1.807, 2.05) is 0 Å². The molecule has 160 valence electrons. The molecule has 0 aromatic carbocycles. The van der Waals surface area contributed by atoms with Crippen LogP contribution in [0.1, 0.15) is 112 Å². The van der Waals surface area contributed by atoms with Gasteiger partial charge >= 0.3 is 0 Å². The Hall–Kier alpha value is -0.330. The molecule has 0 N–H and O–H groups in total. The van der Waals surface area contributed by atoms with E-state index < -0.39 is 0 Å². The van der Waals surface area contributed by atoms with Gasteiger partial charge in [0.15, 0.2) is 0 Å². The third-order valence-electron chi connectivity index (χ3n) is 10.6. The first kappa shape index (κ1) is 20.9. The summed E-state index contributed by atoms with van der Waals surface area (Å²) in [7, 11) is 0. The van der Waals surface area contributed by atoms with Crippen LogP contribution in [0.15, 0.2) is 0 Å². The summed E-state index contributed by atoms with van der Waals surface area (Å²) in [6.45, 7) is 12.5. The first-order valence-corrected chi connectivity index (χ1v) is 12.8. The summed E-state index contributed by atoms with van der Waals surface area (Å²) in [5, 5.41) is 0. The lowest BCUT2D eigenvalue weighted by Crippen LogP contribution is -2.54. The van der Waals surface area contributed by atoms with E-state index in [2.05, 4.69) is 34.6 Å². The highest BCUT2D eigenvalue weighted by Crippen LogP contribution is 2.68. The Morgan fingerprint density at radius 2 is 1.64 bits per heavy atom. The second kappa shape index (κ2) is 7.73. The minimum atomic E-state index is 0.334. The van der Waals surface area contributed by atoms with Gasteiger partial charge in [0.1, 0.15) is 5.78 Å². The lowest BCUT2D eigenvalue weighted by Gasteiger charge is -2.60. The molecule has 1 nitrogen and oxygen atoms in total. The van der Waals surface area contributed by atoms with Gasteiger partial charge in [0.05, 0.1) is 0 Å². The quantitative estimate of drug-likeness (QED) is 0.473. The van der Waals surface area contributed by atoms with Gasteiger partial charge in [-0.15, -0.1) is 0 Å². The third-order valence-corrected chi connectivity index (χ3v) is 10.6. The number of Topliss-reactive ketones (excluding diaryl/α,β-unsaturated/α-hetero) is 1. The maximum absolute atomic E-state index is 12.4. The molecule has 4 aliphatic rings. The van der Waals surface area contributed by atoms with Crippen LogP contribution in [0.4, 0.5) is 0 Å². The number of carbonyl (C=O) groups excluding carboxylic acids is 1. The van der Waals surface area contributed by atoms with Gasteiger partial charge in [-0.2, -0.15) is 0 Å². The monoisotopic (exact) mass is 386 g/mol. The van der Waals surface area contributed by atoms with Crippen LogP contribution < -0.4 is 0 Å². The van der Waals surface area contributed by atoms with Gasteiger partial charge in [-0.1, -0.05) is 53.9 Å². The molecule has 8 unspecified atom stereocenters. The van der Waals surface area contributed by atoms with Gasteiger partial charge in [0.2, 0.25) is 0 Å². The number of hydrogen-bond donors (Lipinski definition) is 0. The zero-order chi connectivity index (χ0) is 20.1. The van der Waals surface area contributed by atoms with Crippen LogP contribution in [0.2, 0.25) is 0 Å². The van der Waals surface area contributed by atoms with E-state index in [9.17, 15) is 4.79 Å². The Bertz CT molecular complexity index is 579. The molecule has 28 heavy (non-hydrogen) atoms. The standard InChI is InChI=1S/C27H46O/c1-18(2)7-6-8-19(3)23-13-14-24-22-12-10-20-9-11-21(28)17-27(20,5)25(22)15-16-26(23,24)4/h18-20,22-25H,6-17H2,1-5H3. The van der Waals surface area contributed by atoms with Crippen molar-refractivity contribution in [3.8, 4) is 0 Å². The maximum atomic E-state index is 12.4. The number of rotatable bonds is 5. The summed E-state index contributed by atoms with van der Waals surface area (Å²) in [6.07, 6.45) is 15.9. The Labute approximate surface area is 174 Å². The van der Waals surface area contributed by atoms with E-state index in [-0.39, 0.29) is 0 Å². The molecule has 4 saturated carbocycles. The Morgan fingerprint density at radius 1 is 0.893 bits per heavy atom. The minimum Gasteiger partial charge on any atom is -0.300 e. The SMILES string of the molecule is CC(C)CCCC(C)C1CCC2C3CCC4CCC(=O)CC4(C)C3CCC12C. The first-order chi connectivity index (χ1) is 13.3. The fourth-order valence-electron chi connectivity index (χ4n) is 9.16. The smallest absolute Gasteiger partial charge is 0.133 e. The molecular weight excluding hydrogens is 340 g/mol. The van der Waals surface area contributed by atoms with Crippen LogP contribution >= 0.6 is 0 Å². The molecule has 0 bridgehead atoms. The largest absolute Gasteiger partial charge is 0.300 e. The highest BCUT2D eigenvalue weighted by molar-refractivity contribution is 5.80. The summed E-state index contributed by atoms with van der Waals surface area (Å²) in [5.41, 5.74) is 0.917. The molecule has 4 fully saturated rings. The average Bonchev–Trinajstić information content (AvgIpc) is 2.98. The normalized spacial score (nSPS) is 46.8. The molecule has 0 aromatic rings. The van der Waals surface area contributed by atoms with E-state index >= 15 is 0 Å². The van der Waals surface area contributed by atoms with E-state index in [1.165, 1.54) is 64.2 Å². The molecule has 0 heterocycles. The van der Waals surface area contributed by atoms with Crippen LogP contribution in [-0.4, -0.2) is 5.78 Å². The molecule has 4 aliphatic carbocycles. The first-order valence-electron chi connectivity index (χ1n) is 12.8. The second-order valence-electron chi connectivity index (χ2n) is 12.4. The Morgan fingerprint density at radius 3 is 2.39 bits per heavy atom. The van der Waals surface area contributed by atoms with Crippen molar-refractivity contribution in [1.29, 1.82) is 0 Å². The van der Waals surface area contributed by atoms with E-state index in [0.29, 0.717) is 16.6 Å². The Balaban J connectivity index is 1.48. The summed E-state index contributed by atoms with van der Waals surface area (Å²) < 4.78 is 0. The molecule has 0 saturated heterocycles. The van der Waals surface area contributed by atoms with Gasteiger partial charge in [0, 0.05) is 12.8 Å². The van der Waals surface area contributed by atoms with Crippen molar-refractivity contribution in [3.63, 3.8) is 0 Å². The lowest BCUT2D eigenvalue weighted by atomic mass is 9.44. The number of fused-ring (bicyclic) bond motifs is 5. The van der Waals surface area contributed by atoms with Crippen LogP contribution in [0, 0.1) is 52.3 Å². The van der Waals surface area contributed by atoms with Crippen molar-refractivity contribution in [1.82, 2.24) is 0 Å². The van der Waals surface area contributed by atoms with Gasteiger partial charge in [-0.3, -0.25) is 4.79 Å². The minimum absolute atomic E-state index is 0.334. The van der Waals surface area contributed by atoms with Crippen molar-refractivity contribution >= 4 is 5.78 Å². The fraction of sp³-hybridized carbons (Fsp3) is 0.963. The van der Waals surface area contributed by atoms with Crippen molar-refractivity contribution < 1.29 is 4.79 Å². The molecule has 0 radical (unpaired) electrons. The van der Waals surface area contributed by atoms with Gasteiger partial charge in [-0.25, -0.2) is 0 Å². The van der Waals surface area contributed by atoms with Gasteiger partial charge < -0.3 is 0 Å². The zero-order valence-electron chi connectivity index (χ0n) is 19.4. The molecule has 1 heteroatoms. The summed E-state index contributed by atoms with van der Waals surface area (Å²) in [6, 6.07) is 0. The Kier molecular flexibility index (Phi) is 5.78. The molecule has 0 amide bonds. The molecule has 0 aliphatic heterocycles. The number of hydrogen-bond acceptors (Lipinski definition) is 1. The number of ketones is 1. The molecule has 4 rings (SSSR count). The van der Waals surface area contributed by atoms with Crippen LogP contribution in [0.25, 0.3) is 0 Å². The van der Waals surface area contributed by atoms with Gasteiger partial charge in [-0.05, 0) is 97.2 Å². The van der Waals surface area contributed by atoms with Crippen LogP contribution in [0.5, 0.6) is 0 Å².